The molecule has 1 amide bonds. The van der Waals surface area contributed by atoms with Crippen molar-refractivity contribution in [1.82, 2.24) is 5.32 Å². The van der Waals surface area contributed by atoms with Crippen LogP contribution in [0, 0.1) is 0 Å². The van der Waals surface area contributed by atoms with Crippen molar-refractivity contribution in [3.8, 4) is 0 Å². The van der Waals surface area contributed by atoms with Crippen LogP contribution >= 0.6 is 0 Å². The molecule has 0 bridgehead atoms. The Hall–Kier alpha value is -0.570. The number of hydrogen-bond acceptors (Lipinski definition) is 2. The third-order valence-electron chi connectivity index (χ3n) is 0.679. The average molecular weight is 116 g/mol. The number of carbonyl (C=O) groups excluding carboxylic acids is 1. The van der Waals surface area contributed by atoms with E-state index in [0.29, 0.717) is 6.61 Å². The van der Waals surface area contributed by atoms with Crippen molar-refractivity contribution in [1.29, 1.82) is 0 Å². The van der Waals surface area contributed by atoms with Crippen molar-refractivity contribution in [2.45, 2.75) is 20.1 Å². The molecule has 0 aromatic carbocycles. The van der Waals surface area contributed by atoms with Crippen LogP contribution < -0.4 is 5.32 Å². The van der Waals surface area contributed by atoms with Gasteiger partial charge in [-0.1, -0.05) is 0 Å². The molecule has 0 rings (SSSR count). The minimum atomic E-state index is -0.211. The summed E-state index contributed by atoms with van der Waals surface area (Å²) in [7, 11) is 0. The van der Waals surface area contributed by atoms with Crippen LogP contribution in [0.25, 0.3) is 0 Å². The van der Waals surface area contributed by atoms with Gasteiger partial charge in [0.1, 0.15) is 6.23 Å². The summed E-state index contributed by atoms with van der Waals surface area (Å²) in [5.41, 5.74) is 0. The molecule has 1 atom stereocenters. The third kappa shape index (κ3) is 3.61. The second-order valence-corrected chi connectivity index (χ2v) is 1.34. The Morgan fingerprint density at radius 2 is 2.50 bits per heavy atom. The highest BCUT2D eigenvalue weighted by Crippen LogP contribution is 1.80. The van der Waals surface area contributed by atoms with Gasteiger partial charge in [0.15, 0.2) is 0 Å². The Labute approximate surface area is 49.0 Å². The standard InChI is InChI=1S/C5H10NO2/c1-3-8-5(2)6-4-7/h5H,3H2,1-2H3,(H,6,7). The first kappa shape index (κ1) is 7.43. The van der Waals surface area contributed by atoms with Gasteiger partial charge in [0.25, 0.3) is 0 Å². The second kappa shape index (κ2) is 4.59. The third-order valence-corrected chi connectivity index (χ3v) is 0.679. The lowest BCUT2D eigenvalue weighted by Gasteiger charge is -2.07. The number of rotatable bonds is 4. The fraction of sp³-hybridized carbons (Fsp3) is 0.800. The van der Waals surface area contributed by atoms with Gasteiger partial charge in [-0.15, -0.1) is 0 Å². The zero-order valence-corrected chi connectivity index (χ0v) is 5.10. The van der Waals surface area contributed by atoms with Gasteiger partial charge in [-0.3, -0.25) is 4.79 Å². The molecule has 0 spiro atoms. The molecule has 0 saturated carbocycles. The molecule has 3 nitrogen and oxygen atoms in total. The van der Waals surface area contributed by atoms with Crippen molar-refractivity contribution >= 4 is 6.41 Å². The fourth-order valence-corrected chi connectivity index (χ4v) is 0.375. The minimum Gasteiger partial charge on any atom is -0.359 e. The Bertz CT molecular complexity index is 65.4. The van der Waals surface area contributed by atoms with Gasteiger partial charge in [-0.25, -0.2) is 0 Å². The number of hydrogen-bond donors (Lipinski definition) is 1. The topological polar surface area (TPSA) is 38.3 Å². The molecule has 0 aliphatic heterocycles. The first-order valence-corrected chi connectivity index (χ1v) is 2.55. The lowest BCUT2D eigenvalue weighted by molar-refractivity contribution is 0.0657. The molecule has 0 saturated heterocycles. The predicted octanol–water partition coefficient (Wildman–Crippen LogP) is 0.0257. The molecule has 1 unspecified atom stereocenters. The first-order chi connectivity index (χ1) is 3.81. The maximum absolute atomic E-state index is 9.57. The fourth-order valence-electron chi connectivity index (χ4n) is 0.375. The van der Waals surface area contributed by atoms with Crippen molar-refractivity contribution in [2.75, 3.05) is 6.61 Å². The quantitative estimate of drug-likeness (QED) is 0.415. The summed E-state index contributed by atoms with van der Waals surface area (Å²) in [6, 6.07) is 0. The highest BCUT2D eigenvalue weighted by molar-refractivity contribution is 5.47. The van der Waals surface area contributed by atoms with E-state index in [2.05, 4.69) is 5.32 Å². The molecule has 1 radical (unpaired) electrons. The molecule has 47 valence electrons. The SMILES string of the molecule is CCOC(C)N[C]=O. The van der Waals surface area contributed by atoms with Crippen LogP contribution in [0.4, 0.5) is 0 Å². The molecule has 3 heteroatoms. The van der Waals surface area contributed by atoms with Crippen molar-refractivity contribution < 1.29 is 9.53 Å². The monoisotopic (exact) mass is 116 g/mol. The Morgan fingerprint density at radius 3 is 2.88 bits per heavy atom. The molecule has 0 aliphatic rings. The lowest BCUT2D eigenvalue weighted by atomic mass is 10.6. The number of nitrogens with one attached hydrogen (secondary N) is 1. The van der Waals surface area contributed by atoms with E-state index < -0.39 is 0 Å². The highest BCUT2D eigenvalue weighted by atomic mass is 16.5. The zero-order chi connectivity index (χ0) is 6.41. The van der Waals surface area contributed by atoms with E-state index in [1.807, 2.05) is 6.92 Å². The van der Waals surface area contributed by atoms with E-state index in [0.717, 1.165) is 0 Å². The summed E-state index contributed by atoms with van der Waals surface area (Å²) >= 11 is 0. The maximum Gasteiger partial charge on any atom is 0.311 e. The molecule has 0 aromatic rings. The maximum atomic E-state index is 9.57. The van der Waals surface area contributed by atoms with Crippen LogP contribution in [0.2, 0.25) is 0 Å². The van der Waals surface area contributed by atoms with Crippen LogP contribution in [0.1, 0.15) is 13.8 Å². The zero-order valence-electron chi connectivity index (χ0n) is 5.10. The van der Waals surface area contributed by atoms with Gasteiger partial charge in [-0.2, -0.15) is 0 Å². The van der Waals surface area contributed by atoms with Crippen molar-refractivity contribution in [3.05, 3.63) is 0 Å². The Morgan fingerprint density at radius 1 is 1.88 bits per heavy atom. The predicted molar refractivity (Wildman–Crippen MR) is 29.9 cm³/mol. The average Bonchev–Trinajstić information content (AvgIpc) is 1.68. The van der Waals surface area contributed by atoms with Gasteiger partial charge in [-0.05, 0) is 13.8 Å². The van der Waals surface area contributed by atoms with Crippen LogP contribution in [-0.2, 0) is 9.53 Å². The molecule has 0 heterocycles. The number of ether oxygens (including phenoxy) is 1. The Balaban J connectivity index is 3.03. The number of amides is 1. The summed E-state index contributed by atoms with van der Waals surface area (Å²) in [6.45, 7) is 4.22. The van der Waals surface area contributed by atoms with Crippen molar-refractivity contribution in [2.24, 2.45) is 0 Å². The van der Waals surface area contributed by atoms with Crippen LogP contribution in [0.3, 0.4) is 0 Å². The summed E-state index contributed by atoms with van der Waals surface area (Å²) in [6.07, 6.45) is 1.32. The van der Waals surface area contributed by atoms with Gasteiger partial charge < -0.3 is 10.1 Å². The largest absolute Gasteiger partial charge is 0.359 e. The molecule has 0 aromatic heterocycles. The summed E-state index contributed by atoms with van der Waals surface area (Å²) in [5, 5.41) is 2.32. The van der Waals surface area contributed by atoms with Crippen LogP contribution in [0.15, 0.2) is 0 Å². The molecule has 0 aliphatic carbocycles. The van der Waals surface area contributed by atoms with Crippen LogP contribution in [0.5, 0.6) is 0 Å². The molecule has 1 N–H and O–H groups in total. The van der Waals surface area contributed by atoms with E-state index in [-0.39, 0.29) is 6.23 Å². The lowest BCUT2D eigenvalue weighted by Crippen LogP contribution is -2.26. The van der Waals surface area contributed by atoms with E-state index in [1.54, 1.807) is 6.92 Å². The van der Waals surface area contributed by atoms with Crippen LogP contribution in [-0.4, -0.2) is 19.2 Å². The molecule has 8 heavy (non-hydrogen) atoms. The van der Waals surface area contributed by atoms with E-state index in [1.165, 1.54) is 6.41 Å². The van der Waals surface area contributed by atoms with E-state index in [4.69, 9.17) is 4.74 Å². The molecule has 0 fully saturated rings. The Kier molecular flexibility index (Phi) is 4.26. The normalized spacial score (nSPS) is 12.8. The summed E-state index contributed by atoms with van der Waals surface area (Å²) in [5.74, 6) is 0. The summed E-state index contributed by atoms with van der Waals surface area (Å²) < 4.78 is 4.91. The smallest absolute Gasteiger partial charge is 0.311 e. The van der Waals surface area contributed by atoms with Crippen molar-refractivity contribution in [3.63, 3.8) is 0 Å². The molecular weight excluding hydrogens is 106 g/mol. The molecular formula is C5H10NO2. The van der Waals surface area contributed by atoms with E-state index >= 15 is 0 Å². The minimum absolute atomic E-state index is 0.211. The van der Waals surface area contributed by atoms with E-state index in [9.17, 15) is 4.79 Å². The van der Waals surface area contributed by atoms with Gasteiger partial charge in [0.2, 0.25) is 0 Å². The van der Waals surface area contributed by atoms with Gasteiger partial charge in [0.05, 0.1) is 0 Å². The van der Waals surface area contributed by atoms with Gasteiger partial charge >= 0.3 is 6.41 Å². The highest BCUT2D eigenvalue weighted by Gasteiger charge is 1.93. The summed E-state index contributed by atoms with van der Waals surface area (Å²) in [4.78, 5) is 9.57. The second-order valence-electron chi connectivity index (χ2n) is 1.34. The van der Waals surface area contributed by atoms with Gasteiger partial charge in [0, 0.05) is 6.61 Å². The first-order valence-electron chi connectivity index (χ1n) is 2.55.